The molecule has 0 radical (unpaired) electrons. The Hall–Kier alpha value is -3.04. The summed E-state index contributed by atoms with van der Waals surface area (Å²) < 4.78 is 15.9. The molecule has 200 valence electrons. The number of aromatic nitrogens is 1. The van der Waals surface area contributed by atoms with Gasteiger partial charge in [-0.05, 0) is 66.6 Å². The number of hydrogen-bond donors (Lipinski definition) is 3. The van der Waals surface area contributed by atoms with Gasteiger partial charge in [-0.25, -0.2) is 14.2 Å². The van der Waals surface area contributed by atoms with Crippen molar-refractivity contribution in [1.29, 1.82) is 0 Å². The summed E-state index contributed by atoms with van der Waals surface area (Å²) in [6.45, 7) is 0.696. The molecule has 7 rings (SSSR count). The van der Waals surface area contributed by atoms with Crippen molar-refractivity contribution in [2.24, 2.45) is 5.92 Å². The van der Waals surface area contributed by atoms with Crippen LogP contribution in [0.5, 0.6) is 0 Å². The molecule has 3 aliphatic heterocycles. The van der Waals surface area contributed by atoms with Crippen LogP contribution >= 0.6 is 23.2 Å². The maximum atomic E-state index is 15.9. The van der Waals surface area contributed by atoms with Crippen LogP contribution < -0.4 is 10.6 Å². The minimum atomic E-state index is -1.19. The number of carboxylic acids is 1. The third-order valence-electron chi connectivity index (χ3n) is 8.83. The average Bonchev–Trinajstić information content (AvgIpc) is 3.48. The number of anilines is 1. The molecule has 1 aromatic heterocycles. The van der Waals surface area contributed by atoms with E-state index in [1.54, 1.807) is 30.3 Å². The van der Waals surface area contributed by atoms with Gasteiger partial charge in [0, 0.05) is 36.2 Å². The Morgan fingerprint density at radius 1 is 1.13 bits per heavy atom. The molecule has 3 fully saturated rings. The van der Waals surface area contributed by atoms with Gasteiger partial charge in [-0.15, -0.1) is 0 Å². The number of amides is 1. The van der Waals surface area contributed by atoms with E-state index < -0.39 is 23.2 Å². The van der Waals surface area contributed by atoms with E-state index in [1.165, 1.54) is 6.07 Å². The van der Waals surface area contributed by atoms with Gasteiger partial charge in [-0.2, -0.15) is 0 Å². The van der Waals surface area contributed by atoms with Crippen molar-refractivity contribution in [2.75, 3.05) is 11.9 Å². The summed E-state index contributed by atoms with van der Waals surface area (Å²) in [6.07, 6.45) is 2.84. The molecule has 3 N–H and O–H groups in total. The summed E-state index contributed by atoms with van der Waals surface area (Å²) in [5.41, 5.74) is 1.05. The third-order valence-corrected chi connectivity index (χ3v) is 9.33. The van der Waals surface area contributed by atoms with E-state index in [-0.39, 0.29) is 39.8 Å². The molecule has 2 aromatic carbocycles. The Morgan fingerprint density at radius 2 is 1.90 bits per heavy atom. The van der Waals surface area contributed by atoms with Crippen LogP contribution in [0.2, 0.25) is 10.2 Å². The number of rotatable bonds is 5. The largest absolute Gasteiger partial charge is 0.478 e. The van der Waals surface area contributed by atoms with Gasteiger partial charge < -0.3 is 15.7 Å². The molecule has 39 heavy (non-hydrogen) atoms. The molecule has 1 amide bonds. The van der Waals surface area contributed by atoms with Gasteiger partial charge in [-0.1, -0.05) is 47.5 Å². The van der Waals surface area contributed by atoms with Crippen LogP contribution in [0.1, 0.15) is 58.3 Å². The lowest BCUT2D eigenvalue weighted by atomic mass is 9.74. The molecule has 0 bridgehead atoms. The molecule has 2 saturated heterocycles. The highest BCUT2D eigenvalue weighted by Crippen LogP contribution is 2.60. The zero-order valence-electron chi connectivity index (χ0n) is 20.7. The van der Waals surface area contributed by atoms with Crippen LogP contribution in [0.4, 0.5) is 10.2 Å². The summed E-state index contributed by atoms with van der Waals surface area (Å²) in [5.74, 6) is -1.50. The molecule has 10 heteroatoms. The number of nitrogens with one attached hydrogen (secondary N) is 2. The Balaban J connectivity index is 1.39. The van der Waals surface area contributed by atoms with Crippen molar-refractivity contribution in [2.45, 2.75) is 48.8 Å². The number of pyridine rings is 1. The van der Waals surface area contributed by atoms with E-state index in [9.17, 15) is 14.7 Å². The van der Waals surface area contributed by atoms with Crippen LogP contribution in [-0.2, 0) is 10.3 Å². The van der Waals surface area contributed by atoms with Crippen LogP contribution in [0, 0.1) is 11.7 Å². The van der Waals surface area contributed by atoms with Crippen molar-refractivity contribution in [3.05, 3.63) is 92.8 Å². The number of likely N-dealkylation sites (tertiary alicyclic amines) is 1. The number of carbonyl (C=O) groups is 2. The van der Waals surface area contributed by atoms with Gasteiger partial charge in [0.1, 0.15) is 22.3 Å². The molecule has 4 aliphatic rings. The molecule has 1 spiro atoms. The molecule has 5 atom stereocenters. The highest BCUT2D eigenvalue weighted by atomic mass is 35.5. The van der Waals surface area contributed by atoms with Crippen molar-refractivity contribution < 1.29 is 19.1 Å². The number of carbonyl (C=O) groups excluding carboxylic acids is 1. The molecular weight excluding hydrogens is 542 g/mol. The molecule has 1 aliphatic carbocycles. The van der Waals surface area contributed by atoms with Crippen LogP contribution in [0.15, 0.2) is 54.6 Å². The number of halogens is 3. The Kier molecular flexibility index (Phi) is 5.76. The lowest BCUT2D eigenvalue weighted by molar-refractivity contribution is -0.128. The first-order chi connectivity index (χ1) is 18.8. The molecule has 3 aromatic rings. The monoisotopic (exact) mass is 566 g/mol. The fourth-order valence-corrected chi connectivity index (χ4v) is 7.35. The number of hydrogen-bond acceptors (Lipinski definition) is 5. The lowest BCUT2D eigenvalue weighted by Gasteiger charge is -2.40. The van der Waals surface area contributed by atoms with Crippen LogP contribution in [0.3, 0.4) is 0 Å². The highest BCUT2D eigenvalue weighted by molar-refractivity contribution is 6.31. The van der Waals surface area contributed by atoms with E-state index in [0.717, 1.165) is 18.4 Å². The van der Waals surface area contributed by atoms with Gasteiger partial charge in [-0.3, -0.25) is 9.69 Å². The molecule has 4 heterocycles. The number of nitrogens with zero attached hydrogens (tertiary/aromatic N) is 2. The van der Waals surface area contributed by atoms with Gasteiger partial charge in [0.15, 0.2) is 0 Å². The SMILES string of the molecule is O=C(O)c1ccc([C@H]2C[C@H]3[C@@H](N2)[C@H](c2cccc(Cl)c2F)[C@]2(C(=O)Nc4nc(Cl)ccc42)N3CC2CC2)cc1. The van der Waals surface area contributed by atoms with E-state index >= 15 is 4.39 Å². The zero-order valence-corrected chi connectivity index (χ0v) is 22.2. The second-order valence-corrected chi connectivity index (χ2v) is 11.7. The van der Waals surface area contributed by atoms with Gasteiger partial charge in [0.25, 0.3) is 5.91 Å². The van der Waals surface area contributed by atoms with E-state index in [1.807, 2.05) is 18.2 Å². The summed E-state index contributed by atoms with van der Waals surface area (Å²) in [4.78, 5) is 32.2. The van der Waals surface area contributed by atoms with Crippen LogP contribution in [0.25, 0.3) is 0 Å². The number of fused-ring (bicyclic) bond motifs is 3. The minimum absolute atomic E-state index is 0.00603. The topological polar surface area (TPSA) is 94.6 Å². The Labute approximate surface area is 234 Å². The summed E-state index contributed by atoms with van der Waals surface area (Å²) >= 11 is 12.5. The average molecular weight is 567 g/mol. The first-order valence-corrected chi connectivity index (χ1v) is 13.8. The summed E-state index contributed by atoms with van der Waals surface area (Å²) in [5, 5.41) is 16.3. The lowest BCUT2D eigenvalue weighted by Crippen LogP contribution is -2.53. The smallest absolute Gasteiger partial charge is 0.335 e. The van der Waals surface area contributed by atoms with E-state index in [0.29, 0.717) is 35.8 Å². The quantitative estimate of drug-likeness (QED) is 0.360. The number of carboxylic acid groups (broad SMARTS) is 1. The summed E-state index contributed by atoms with van der Waals surface area (Å²) in [7, 11) is 0. The van der Waals surface area contributed by atoms with Crippen molar-refractivity contribution >= 4 is 40.9 Å². The maximum absolute atomic E-state index is 15.9. The maximum Gasteiger partial charge on any atom is 0.335 e. The Bertz CT molecular complexity index is 1510. The third kappa shape index (κ3) is 3.73. The van der Waals surface area contributed by atoms with Crippen molar-refractivity contribution in [3.63, 3.8) is 0 Å². The highest BCUT2D eigenvalue weighted by Gasteiger charge is 2.69. The normalized spacial score (nSPS) is 29.5. The molecule has 1 saturated carbocycles. The molecular formula is C29H25Cl2FN4O3. The van der Waals surface area contributed by atoms with E-state index in [4.69, 9.17) is 23.2 Å². The van der Waals surface area contributed by atoms with Gasteiger partial charge in [0.2, 0.25) is 0 Å². The predicted octanol–water partition coefficient (Wildman–Crippen LogP) is 5.35. The number of benzene rings is 2. The second-order valence-electron chi connectivity index (χ2n) is 10.9. The number of aromatic carboxylic acids is 1. The standard InChI is InChI=1S/C29H25Cl2FN4O3/c30-19-3-1-2-17(24(19)32)23-25-21(12-20(33-25)15-6-8-16(9-7-15)27(37)38)36(13-14-4-5-14)29(23)18-10-11-22(31)34-26(18)35-28(29)39/h1-3,6-11,14,20-21,23,25,33H,4-5,12-13H2,(H,37,38)(H,34,35,39)/t20-,21+,23+,25-,29-/m1/s1. The van der Waals surface area contributed by atoms with Crippen molar-refractivity contribution in [3.8, 4) is 0 Å². The van der Waals surface area contributed by atoms with Gasteiger partial charge in [0.05, 0.1) is 10.6 Å². The first kappa shape index (κ1) is 25.0. The summed E-state index contributed by atoms with van der Waals surface area (Å²) in [6, 6.07) is 14.8. The minimum Gasteiger partial charge on any atom is -0.478 e. The van der Waals surface area contributed by atoms with Crippen LogP contribution in [-0.4, -0.2) is 45.5 Å². The molecule has 7 nitrogen and oxygen atoms in total. The fraction of sp³-hybridized carbons (Fsp3) is 0.345. The Morgan fingerprint density at radius 3 is 2.62 bits per heavy atom. The predicted molar refractivity (Wildman–Crippen MR) is 145 cm³/mol. The second kappa shape index (κ2) is 8.99. The first-order valence-electron chi connectivity index (χ1n) is 13.1. The van der Waals surface area contributed by atoms with E-state index in [2.05, 4.69) is 20.5 Å². The molecule has 0 unspecified atom stereocenters. The van der Waals surface area contributed by atoms with Crippen molar-refractivity contribution in [1.82, 2.24) is 15.2 Å². The zero-order chi connectivity index (χ0) is 27.1. The van der Waals surface area contributed by atoms with Gasteiger partial charge >= 0.3 is 5.97 Å². The fourth-order valence-electron chi connectivity index (χ4n) is 7.02.